The van der Waals surface area contributed by atoms with Gasteiger partial charge in [-0.15, -0.1) is 0 Å². The zero-order valence-corrected chi connectivity index (χ0v) is 39.7. The Morgan fingerprint density at radius 1 is 0.924 bits per heavy atom. The first-order valence-corrected chi connectivity index (χ1v) is 23.6. The van der Waals surface area contributed by atoms with E-state index in [0.29, 0.717) is 18.8 Å². The van der Waals surface area contributed by atoms with Gasteiger partial charge in [-0.25, -0.2) is 18.0 Å². The Hall–Kier alpha value is -5.64. The number of aliphatic carboxylic acids is 1. The van der Waals surface area contributed by atoms with Gasteiger partial charge in [-0.2, -0.15) is 0 Å². The molecule has 0 saturated heterocycles. The normalized spacial score (nSPS) is 18.1. The van der Waals surface area contributed by atoms with E-state index >= 15 is 8.78 Å². The number of benzene rings is 5. The molecule has 5 aromatic carbocycles. The van der Waals surface area contributed by atoms with Crippen molar-refractivity contribution in [1.29, 1.82) is 0 Å². The van der Waals surface area contributed by atoms with E-state index in [1.54, 1.807) is 7.11 Å². The molecule has 0 unspecified atom stereocenters. The van der Waals surface area contributed by atoms with Crippen molar-refractivity contribution < 1.29 is 27.8 Å². The molecule has 3 aliphatic rings. The second-order valence-corrected chi connectivity index (χ2v) is 18.8. The van der Waals surface area contributed by atoms with Crippen molar-refractivity contribution in [2.45, 2.75) is 110 Å². The third kappa shape index (κ3) is 11.5. The highest BCUT2D eigenvalue weighted by Crippen LogP contribution is 2.50. The van der Waals surface area contributed by atoms with Crippen molar-refractivity contribution in [2.75, 3.05) is 38.2 Å². The third-order valence-corrected chi connectivity index (χ3v) is 13.4. The van der Waals surface area contributed by atoms with Crippen LogP contribution in [0.1, 0.15) is 115 Å². The number of carboxylic acids is 1. The van der Waals surface area contributed by atoms with Gasteiger partial charge in [0, 0.05) is 49.1 Å². The number of ether oxygens (including phenoxy) is 1. The molecule has 2 aliphatic carbocycles. The summed E-state index contributed by atoms with van der Waals surface area (Å²) < 4.78 is 51.2. The van der Waals surface area contributed by atoms with E-state index in [9.17, 15) is 9.18 Å². The van der Waals surface area contributed by atoms with Crippen LogP contribution in [-0.2, 0) is 37.0 Å². The maximum absolute atomic E-state index is 15.4. The van der Waals surface area contributed by atoms with Gasteiger partial charge in [0.2, 0.25) is 0 Å². The molecule has 0 saturated carbocycles. The van der Waals surface area contributed by atoms with Crippen LogP contribution < -0.4 is 15.0 Å². The molecule has 0 bridgehead atoms. The average Bonchev–Trinajstić information content (AvgIpc) is 3.66. The van der Waals surface area contributed by atoms with Crippen molar-refractivity contribution in [3.63, 3.8) is 0 Å². The number of hydrogen-bond donors (Lipinski definition) is 2. The van der Waals surface area contributed by atoms with Gasteiger partial charge in [0.15, 0.2) is 0 Å². The van der Waals surface area contributed by atoms with E-state index < -0.39 is 29.3 Å². The first kappa shape index (κ1) is 48.3. The number of halogens is 3. The van der Waals surface area contributed by atoms with Crippen molar-refractivity contribution in [2.24, 2.45) is 0 Å². The van der Waals surface area contributed by atoms with Crippen LogP contribution in [0.25, 0.3) is 11.6 Å². The Kier molecular flexibility index (Phi) is 15.6. The summed E-state index contributed by atoms with van der Waals surface area (Å²) in [6.07, 6.45) is 7.79. The molecule has 0 radical (unpaired) electrons. The summed E-state index contributed by atoms with van der Waals surface area (Å²) in [6, 6.07) is 32.2. The van der Waals surface area contributed by atoms with E-state index in [0.717, 1.165) is 97.7 Å². The number of carbonyl (C=O) groups is 1. The third-order valence-electron chi connectivity index (χ3n) is 13.4. The summed E-state index contributed by atoms with van der Waals surface area (Å²) in [7, 11) is 1.76. The van der Waals surface area contributed by atoms with Crippen molar-refractivity contribution in [3.05, 3.63) is 176 Å². The fourth-order valence-electron chi connectivity index (χ4n) is 10.2. The minimum Gasteiger partial charge on any atom is -0.497 e. The number of carboxylic acid groups (broad SMARTS) is 1. The van der Waals surface area contributed by atoms with E-state index in [4.69, 9.17) is 9.84 Å². The van der Waals surface area contributed by atoms with Gasteiger partial charge in [-0.3, -0.25) is 4.90 Å². The SMILES string of the molecule is CCNCCc1ccc(CN(CC)c2cc(OC)ccc2[C@H]2CCc3cc(C)ccc3C2)cc1.C[C@@H]1CC2=C(Cc3ccccc32)[C@@H](c2c(F)cc(/C=C/C(=O)O)cc2F)N1CC(C)(C)F. The summed E-state index contributed by atoms with van der Waals surface area (Å²) in [5.41, 5.74) is 12.6. The molecular weight excluding hydrogens is 832 g/mol. The Labute approximate surface area is 390 Å². The van der Waals surface area contributed by atoms with Gasteiger partial charge in [0.05, 0.1) is 13.2 Å². The number of fused-ring (bicyclic) bond motifs is 3. The highest BCUT2D eigenvalue weighted by Gasteiger charge is 2.43. The van der Waals surface area contributed by atoms with E-state index in [1.807, 2.05) is 36.1 Å². The lowest BCUT2D eigenvalue weighted by atomic mass is 9.79. The second-order valence-electron chi connectivity index (χ2n) is 18.8. The number of anilines is 1. The van der Waals surface area contributed by atoms with Crippen molar-refractivity contribution in [3.8, 4) is 5.75 Å². The molecule has 9 heteroatoms. The Balaban J connectivity index is 0.000000197. The number of nitrogens with zero attached hydrogens (tertiary/aromatic N) is 2. The van der Waals surface area contributed by atoms with Gasteiger partial charge in [0.1, 0.15) is 23.1 Å². The summed E-state index contributed by atoms with van der Waals surface area (Å²) in [6.45, 7) is 15.5. The van der Waals surface area contributed by atoms with Crippen molar-refractivity contribution in [1.82, 2.24) is 10.2 Å². The number of aryl methyl sites for hydroxylation is 2. The first-order chi connectivity index (χ1) is 31.7. The first-order valence-electron chi connectivity index (χ1n) is 23.6. The summed E-state index contributed by atoms with van der Waals surface area (Å²) in [4.78, 5) is 15.1. The van der Waals surface area contributed by atoms with E-state index in [2.05, 4.69) is 91.7 Å². The largest absolute Gasteiger partial charge is 0.497 e. The Bertz CT molecular complexity index is 2540. The number of likely N-dealkylation sites (N-methyl/N-ethyl adjacent to an activating group) is 1. The predicted molar refractivity (Wildman–Crippen MR) is 263 cm³/mol. The van der Waals surface area contributed by atoms with E-state index in [1.165, 1.54) is 59.3 Å². The molecule has 1 aliphatic heterocycles. The van der Waals surface area contributed by atoms with Crippen LogP contribution in [0.4, 0.5) is 18.9 Å². The lowest BCUT2D eigenvalue weighted by molar-refractivity contribution is -0.131. The molecule has 0 spiro atoms. The van der Waals surface area contributed by atoms with Gasteiger partial charge in [-0.1, -0.05) is 85.3 Å². The molecule has 3 atom stereocenters. The molecule has 0 amide bonds. The second kappa shape index (κ2) is 21.3. The molecule has 348 valence electrons. The zero-order chi connectivity index (χ0) is 47.1. The minimum atomic E-state index is -1.55. The lowest BCUT2D eigenvalue weighted by Crippen LogP contribution is -2.47. The lowest BCUT2D eigenvalue weighted by Gasteiger charge is -2.44. The standard InChI is InChI=1S/C31H40N2O.C26H26F3NO2/c1-5-32-18-17-24-8-10-25(11-9-24)22-33(6-2)31-21-29(34-4)15-16-30(31)28-14-13-26-19-23(3)7-12-27(26)20-28;1-15-10-19-18-7-5-4-6-17(18)13-20(19)25(30(15)14-26(2,3)29)24-21(27)11-16(12-22(24)28)8-9-23(31)32/h7-12,15-16,19,21,28,32H,5-6,13-14,17-18,20,22H2,1-4H3;4-9,11-12,15,25H,10,13-14H2,1-3H3,(H,31,32)/b;9-8+/t28-;15-,25+/m01/s1. The van der Waals surface area contributed by atoms with Crippen LogP contribution in [0.15, 0.2) is 109 Å². The fraction of sp³-hybridized carbons (Fsp3) is 0.386. The van der Waals surface area contributed by atoms with Gasteiger partial charge < -0.3 is 20.1 Å². The average molecular weight is 898 g/mol. The zero-order valence-electron chi connectivity index (χ0n) is 39.7. The number of nitrogens with one attached hydrogen (secondary N) is 1. The maximum Gasteiger partial charge on any atom is 0.328 e. The van der Waals surface area contributed by atoms with Crippen LogP contribution in [0.3, 0.4) is 0 Å². The van der Waals surface area contributed by atoms with Gasteiger partial charge >= 0.3 is 5.97 Å². The summed E-state index contributed by atoms with van der Waals surface area (Å²) >= 11 is 0. The summed E-state index contributed by atoms with van der Waals surface area (Å²) in [5.74, 6) is -1.26. The van der Waals surface area contributed by atoms with Gasteiger partial charge in [0.25, 0.3) is 0 Å². The highest BCUT2D eigenvalue weighted by molar-refractivity contribution is 5.85. The highest BCUT2D eigenvalue weighted by atomic mass is 19.1. The maximum atomic E-state index is 15.4. The monoisotopic (exact) mass is 898 g/mol. The van der Waals surface area contributed by atoms with Crippen LogP contribution in [-0.4, -0.2) is 61.0 Å². The molecule has 6 nitrogen and oxygen atoms in total. The minimum absolute atomic E-state index is 0.0332. The van der Waals surface area contributed by atoms with Crippen LogP contribution >= 0.6 is 0 Å². The molecular formula is C57H66F3N3O3. The molecule has 66 heavy (non-hydrogen) atoms. The predicted octanol–water partition coefficient (Wildman–Crippen LogP) is 12.4. The Morgan fingerprint density at radius 3 is 2.33 bits per heavy atom. The van der Waals surface area contributed by atoms with Crippen molar-refractivity contribution >= 4 is 23.3 Å². The number of alkyl halides is 1. The van der Waals surface area contributed by atoms with Crippen LogP contribution in [0, 0.1) is 18.6 Å². The van der Waals surface area contributed by atoms with E-state index in [-0.39, 0.29) is 23.7 Å². The van der Waals surface area contributed by atoms with Crippen LogP contribution in [0.5, 0.6) is 5.75 Å². The fourth-order valence-corrected chi connectivity index (χ4v) is 10.2. The number of hydrogen-bond acceptors (Lipinski definition) is 5. The summed E-state index contributed by atoms with van der Waals surface area (Å²) in [5, 5.41) is 12.2. The smallest absolute Gasteiger partial charge is 0.328 e. The number of methoxy groups -OCH3 is 1. The molecule has 2 N–H and O–H groups in total. The van der Waals surface area contributed by atoms with Gasteiger partial charge in [-0.05, 0) is 172 Å². The molecule has 0 fully saturated rings. The Morgan fingerprint density at radius 2 is 1.65 bits per heavy atom. The number of rotatable bonds is 15. The van der Waals surface area contributed by atoms with Crippen LogP contribution in [0.2, 0.25) is 0 Å². The molecule has 8 rings (SSSR count). The topological polar surface area (TPSA) is 65.0 Å². The quantitative estimate of drug-likeness (QED) is 0.0806. The molecule has 5 aromatic rings. The molecule has 1 heterocycles. The molecule has 0 aromatic heterocycles.